The molecule has 0 aliphatic carbocycles. The number of ether oxygens (including phenoxy) is 5. The summed E-state index contributed by atoms with van der Waals surface area (Å²) in [5.74, 6) is -9.07. The Morgan fingerprint density at radius 1 is 1.07 bits per heavy atom. The molecule has 0 atom stereocenters. The first-order valence-corrected chi connectivity index (χ1v) is 7.83. The Labute approximate surface area is 166 Å². The summed E-state index contributed by atoms with van der Waals surface area (Å²) in [5, 5.41) is -1.51. The van der Waals surface area contributed by atoms with Gasteiger partial charge >= 0.3 is 12.7 Å². The molecule has 1 aliphatic rings. The SMILES string of the molecule is COc1c(Oc2cc3c(c(F)c2C(=O)Cl)OC(F)(F)O3)ccc(OC(F)(F)F)c1F. The lowest BCUT2D eigenvalue weighted by Gasteiger charge is -2.16. The molecule has 0 aromatic heterocycles. The highest BCUT2D eigenvalue weighted by Gasteiger charge is 2.47. The molecule has 2 aromatic carbocycles. The molecule has 30 heavy (non-hydrogen) atoms. The first-order chi connectivity index (χ1) is 13.8. The van der Waals surface area contributed by atoms with Crippen LogP contribution in [0.1, 0.15) is 10.4 Å². The second-order valence-electron chi connectivity index (χ2n) is 5.39. The van der Waals surface area contributed by atoms with E-state index in [2.05, 4.69) is 18.9 Å². The Bertz CT molecular complexity index is 1020. The molecule has 0 unspecified atom stereocenters. The van der Waals surface area contributed by atoms with Crippen LogP contribution in [0, 0.1) is 11.6 Å². The van der Waals surface area contributed by atoms with Crippen LogP contribution in [-0.2, 0) is 0 Å². The normalized spacial score (nSPS) is 14.4. The fourth-order valence-corrected chi connectivity index (χ4v) is 2.58. The number of rotatable bonds is 5. The second kappa shape index (κ2) is 7.31. The van der Waals surface area contributed by atoms with E-state index >= 15 is 0 Å². The Hall–Kier alpha value is -3.09. The summed E-state index contributed by atoms with van der Waals surface area (Å²) in [6.07, 6.45) is -9.48. The molecule has 2 aromatic rings. The molecular weight excluding hydrogens is 457 g/mol. The van der Waals surface area contributed by atoms with Gasteiger partial charge in [-0.15, -0.1) is 22.0 Å². The van der Waals surface area contributed by atoms with Crippen LogP contribution in [0.2, 0.25) is 0 Å². The summed E-state index contributed by atoms with van der Waals surface area (Å²) >= 11 is 5.26. The largest absolute Gasteiger partial charge is 0.586 e. The molecule has 0 radical (unpaired) electrons. The lowest BCUT2D eigenvalue weighted by atomic mass is 10.1. The maximum Gasteiger partial charge on any atom is 0.586 e. The van der Waals surface area contributed by atoms with Crippen LogP contribution in [0.3, 0.4) is 0 Å². The molecule has 6 nitrogen and oxygen atoms in total. The molecular formula is C16H6ClF7O6. The molecule has 0 fully saturated rings. The molecule has 1 heterocycles. The Morgan fingerprint density at radius 2 is 1.70 bits per heavy atom. The standard InChI is InChI=1S/C16H6ClF7O6/c1-26-12-6(3-2-5(10(12)18)28-15(20,21)22)27-7-4-8-13(30-16(23,24)29-8)11(19)9(7)14(17)25/h2-4H,1H3. The van der Waals surface area contributed by atoms with E-state index in [4.69, 9.17) is 16.3 Å². The van der Waals surface area contributed by atoms with Crippen LogP contribution < -0.4 is 23.7 Å². The minimum atomic E-state index is -5.22. The zero-order valence-corrected chi connectivity index (χ0v) is 15.0. The highest BCUT2D eigenvalue weighted by Crippen LogP contribution is 2.49. The van der Waals surface area contributed by atoms with Crippen LogP contribution in [0.25, 0.3) is 0 Å². The predicted octanol–water partition coefficient (Wildman–Crippen LogP) is 5.36. The van der Waals surface area contributed by atoms with Crippen molar-refractivity contribution in [1.82, 2.24) is 0 Å². The first-order valence-electron chi connectivity index (χ1n) is 7.45. The van der Waals surface area contributed by atoms with Crippen molar-refractivity contribution in [2.24, 2.45) is 0 Å². The highest BCUT2D eigenvalue weighted by molar-refractivity contribution is 6.68. The molecule has 0 saturated carbocycles. The first kappa shape index (κ1) is 21.6. The molecule has 0 saturated heterocycles. The number of carbonyl (C=O) groups is 1. The summed E-state index contributed by atoms with van der Waals surface area (Å²) < 4.78 is 113. The number of hydrogen-bond acceptors (Lipinski definition) is 6. The Balaban J connectivity index is 2.08. The van der Waals surface area contributed by atoms with Gasteiger partial charge < -0.3 is 23.7 Å². The van der Waals surface area contributed by atoms with Crippen LogP contribution >= 0.6 is 11.6 Å². The molecule has 3 rings (SSSR count). The lowest BCUT2D eigenvalue weighted by molar-refractivity contribution is -0.287. The summed E-state index contributed by atoms with van der Waals surface area (Å²) in [6, 6.07) is 1.81. The van der Waals surface area contributed by atoms with Crippen molar-refractivity contribution < 1.29 is 59.2 Å². The van der Waals surface area contributed by atoms with Crippen molar-refractivity contribution >= 4 is 16.8 Å². The third kappa shape index (κ3) is 4.10. The summed E-state index contributed by atoms with van der Waals surface area (Å²) in [5.41, 5.74) is -1.09. The average molecular weight is 463 g/mol. The van der Waals surface area contributed by atoms with E-state index in [9.17, 15) is 35.5 Å². The second-order valence-corrected chi connectivity index (χ2v) is 5.73. The predicted molar refractivity (Wildman–Crippen MR) is 82.5 cm³/mol. The Kier molecular flexibility index (Phi) is 5.26. The van der Waals surface area contributed by atoms with Crippen molar-refractivity contribution in [2.75, 3.05) is 7.11 Å². The Morgan fingerprint density at radius 3 is 2.27 bits per heavy atom. The van der Waals surface area contributed by atoms with Crippen molar-refractivity contribution in [3.63, 3.8) is 0 Å². The van der Waals surface area contributed by atoms with Crippen molar-refractivity contribution in [1.29, 1.82) is 0 Å². The molecule has 162 valence electrons. The topological polar surface area (TPSA) is 63.2 Å². The molecule has 0 N–H and O–H groups in total. The summed E-state index contributed by atoms with van der Waals surface area (Å²) in [7, 11) is 0.858. The van der Waals surface area contributed by atoms with Gasteiger partial charge in [0.05, 0.1) is 7.11 Å². The minimum absolute atomic E-state index is 0.500. The third-order valence-corrected chi connectivity index (χ3v) is 3.66. The van der Waals surface area contributed by atoms with E-state index in [0.29, 0.717) is 12.1 Å². The van der Waals surface area contributed by atoms with Crippen LogP contribution in [0.5, 0.6) is 34.5 Å². The average Bonchev–Trinajstić information content (AvgIpc) is 2.91. The van der Waals surface area contributed by atoms with Crippen molar-refractivity contribution in [2.45, 2.75) is 12.7 Å². The molecule has 0 spiro atoms. The number of benzene rings is 2. The number of alkyl halides is 5. The fourth-order valence-electron chi connectivity index (χ4n) is 2.40. The number of hydrogen-bond donors (Lipinski definition) is 0. The molecule has 0 amide bonds. The van der Waals surface area contributed by atoms with Crippen molar-refractivity contribution in [3.05, 3.63) is 35.4 Å². The highest BCUT2D eigenvalue weighted by atomic mass is 35.5. The molecule has 0 bridgehead atoms. The van der Waals surface area contributed by atoms with Gasteiger partial charge in [-0.3, -0.25) is 4.79 Å². The van der Waals surface area contributed by atoms with Gasteiger partial charge in [0, 0.05) is 6.07 Å². The summed E-state index contributed by atoms with van der Waals surface area (Å²) in [6.45, 7) is 0. The van der Waals surface area contributed by atoms with Gasteiger partial charge in [0.25, 0.3) is 5.24 Å². The van der Waals surface area contributed by atoms with E-state index in [1.54, 1.807) is 0 Å². The van der Waals surface area contributed by atoms with Gasteiger partial charge in [-0.05, 0) is 23.7 Å². The van der Waals surface area contributed by atoms with E-state index in [-0.39, 0.29) is 0 Å². The van der Waals surface area contributed by atoms with Gasteiger partial charge in [0.15, 0.2) is 23.1 Å². The van der Waals surface area contributed by atoms with Crippen molar-refractivity contribution in [3.8, 4) is 34.5 Å². The smallest absolute Gasteiger partial charge is 0.490 e. The van der Waals surface area contributed by atoms with Gasteiger partial charge in [0.2, 0.25) is 17.3 Å². The van der Waals surface area contributed by atoms with Crippen LogP contribution in [0.4, 0.5) is 30.7 Å². The number of fused-ring (bicyclic) bond motifs is 1. The van der Waals surface area contributed by atoms with E-state index in [0.717, 1.165) is 13.2 Å². The maximum absolute atomic E-state index is 14.5. The lowest BCUT2D eigenvalue weighted by Crippen LogP contribution is -2.26. The molecule has 1 aliphatic heterocycles. The van der Waals surface area contributed by atoms with E-state index < -0.39 is 69.6 Å². The number of methoxy groups -OCH3 is 1. The zero-order chi connectivity index (χ0) is 22.4. The minimum Gasteiger partial charge on any atom is -0.490 e. The fraction of sp³-hybridized carbons (Fsp3) is 0.188. The van der Waals surface area contributed by atoms with Gasteiger partial charge in [-0.25, -0.2) is 4.39 Å². The van der Waals surface area contributed by atoms with E-state index in [1.807, 2.05) is 0 Å². The monoisotopic (exact) mass is 462 g/mol. The maximum atomic E-state index is 14.5. The third-order valence-electron chi connectivity index (χ3n) is 3.47. The van der Waals surface area contributed by atoms with Gasteiger partial charge in [0.1, 0.15) is 11.3 Å². The zero-order valence-electron chi connectivity index (χ0n) is 14.2. The van der Waals surface area contributed by atoms with Crippen LogP contribution in [0.15, 0.2) is 18.2 Å². The number of halogens is 8. The quantitative estimate of drug-likeness (QED) is 0.440. The van der Waals surface area contributed by atoms with E-state index in [1.165, 1.54) is 0 Å². The van der Waals surface area contributed by atoms with Gasteiger partial charge in [-0.1, -0.05) is 0 Å². The van der Waals surface area contributed by atoms with Crippen LogP contribution in [-0.4, -0.2) is 25.0 Å². The number of carbonyl (C=O) groups excluding carboxylic acids is 1. The summed E-state index contributed by atoms with van der Waals surface area (Å²) in [4.78, 5) is 11.6. The van der Waals surface area contributed by atoms with Gasteiger partial charge in [-0.2, -0.15) is 4.39 Å². The molecule has 14 heteroatoms.